The Labute approximate surface area is 182 Å². The van der Waals surface area contributed by atoms with Crippen molar-refractivity contribution in [1.82, 2.24) is 14.8 Å². The van der Waals surface area contributed by atoms with Gasteiger partial charge < -0.3 is 14.5 Å². The molecule has 2 amide bonds. The molecule has 2 atom stereocenters. The molecule has 0 N–H and O–H groups in total. The fourth-order valence-corrected chi connectivity index (χ4v) is 4.74. The Kier molecular flexibility index (Phi) is 7.48. The number of nitrogens with zero attached hydrogens (tertiary/aromatic N) is 3. The number of hydrogen-bond acceptors (Lipinski definition) is 5. The van der Waals surface area contributed by atoms with Crippen LogP contribution in [0, 0.1) is 5.92 Å². The number of carbonyl (C=O) groups is 2. The van der Waals surface area contributed by atoms with Crippen LogP contribution in [0.2, 0.25) is 0 Å². The summed E-state index contributed by atoms with van der Waals surface area (Å²) in [4.78, 5) is 34.4. The van der Waals surface area contributed by atoms with Crippen molar-refractivity contribution in [2.45, 2.75) is 52.1 Å². The average Bonchev–Trinajstić information content (AvgIpc) is 3.35. The van der Waals surface area contributed by atoms with Gasteiger partial charge in [-0.15, -0.1) is 11.3 Å². The predicted molar refractivity (Wildman–Crippen MR) is 118 cm³/mol. The van der Waals surface area contributed by atoms with E-state index in [0.717, 1.165) is 41.3 Å². The van der Waals surface area contributed by atoms with E-state index in [9.17, 15) is 9.59 Å². The van der Waals surface area contributed by atoms with Gasteiger partial charge in [0.05, 0.1) is 36.3 Å². The van der Waals surface area contributed by atoms with E-state index in [2.05, 4.69) is 18.8 Å². The highest BCUT2D eigenvalue weighted by Gasteiger charge is 2.45. The van der Waals surface area contributed by atoms with E-state index in [-0.39, 0.29) is 24.3 Å². The molecule has 1 aromatic carbocycles. The Balaban J connectivity index is 1.83. The summed E-state index contributed by atoms with van der Waals surface area (Å²) in [5, 5.41) is 3.08. The number of likely N-dealkylation sites (tertiary alicyclic amines) is 1. The molecule has 7 heteroatoms. The van der Waals surface area contributed by atoms with Gasteiger partial charge in [-0.3, -0.25) is 9.59 Å². The summed E-state index contributed by atoms with van der Waals surface area (Å²) in [6.45, 7) is 5.32. The standard InChI is InChI=1S/C23H31N3O3S/c1-5-7-12-26-21(27)13-19(22(26)16-8-10-18(29-4)11-9-16)23(28)25(3)14-17-15-30-20(6-2)24-17/h8-11,15,19,22H,5-7,12-14H2,1-4H3. The maximum atomic E-state index is 13.4. The molecule has 1 fully saturated rings. The molecule has 0 saturated carbocycles. The maximum absolute atomic E-state index is 13.4. The molecule has 1 saturated heterocycles. The van der Waals surface area contributed by atoms with Gasteiger partial charge in [0.1, 0.15) is 5.75 Å². The van der Waals surface area contributed by atoms with Crippen molar-refractivity contribution in [3.63, 3.8) is 0 Å². The lowest BCUT2D eigenvalue weighted by molar-refractivity contribution is -0.135. The van der Waals surface area contributed by atoms with Gasteiger partial charge in [-0.25, -0.2) is 4.98 Å². The molecule has 1 aliphatic heterocycles. The Morgan fingerprint density at radius 3 is 2.63 bits per heavy atom. The quantitative estimate of drug-likeness (QED) is 0.603. The van der Waals surface area contributed by atoms with Crippen LogP contribution < -0.4 is 4.74 Å². The second-order valence-corrected chi connectivity index (χ2v) is 8.69. The Morgan fingerprint density at radius 1 is 1.30 bits per heavy atom. The van der Waals surface area contributed by atoms with Gasteiger partial charge in [0.2, 0.25) is 11.8 Å². The summed E-state index contributed by atoms with van der Waals surface area (Å²) in [6, 6.07) is 7.47. The minimum Gasteiger partial charge on any atom is -0.497 e. The van der Waals surface area contributed by atoms with E-state index in [1.807, 2.05) is 34.5 Å². The predicted octanol–water partition coefficient (Wildman–Crippen LogP) is 4.06. The van der Waals surface area contributed by atoms with Crippen molar-refractivity contribution < 1.29 is 14.3 Å². The van der Waals surface area contributed by atoms with Gasteiger partial charge in [-0.1, -0.05) is 32.4 Å². The summed E-state index contributed by atoms with van der Waals surface area (Å²) in [7, 11) is 3.43. The second kappa shape index (κ2) is 10.1. The minimum absolute atomic E-state index is 0.00536. The first-order valence-corrected chi connectivity index (χ1v) is 11.5. The number of carbonyl (C=O) groups excluding carboxylic acids is 2. The number of thiazole rings is 1. The number of methoxy groups -OCH3 is 1. The van der Waals surface area contributed by atoms with Crippen molar-refractivity contribution in [3.05, 3.63) is 45.9 Å². The van der Waals surface area contributed by atoms with Gasteiger partial charge in [-0.05, 0) is 30.5 Å². The average molecular weight is 430 g/mol. The monoisotopic (exact) mass is 429 g/mol. The van der Waals surface area contributed by atoms with E-state index in [0.29, 0.717) is 13.1 Å². The number of amides is 2. The number of aryl methyl sites for hydroxylation is 1. The van der Waals surface area contributed by atoms with Crippen molar-refractivity contribution in [2.75, 3.05) is 20.7 Å². The molecule has 0 aliphatic carbocycles. The van der Waals surface area contributed by atoms with E-state index in [4.69, 9.17) is 4.74 Å². The van der Waals surface area contributed by atoms with Crippen molar-refractivity contribution in [1.29, 1.82) is 0 Å². The number of hydrogen-bond donors (Lipinski definition) is 0. The Morgan fingerprint density at radius 2 is 2.03 bits per heavy atom. The number of aromatic nitrogens is 1. The fourth-order valence-electron chi connectivity index (χ4n) is 4.01. The maximum Gasteiger partial charge on any atom is 0.228 e. The zero-order valence-electron chi connectivity index (χ0n) is 18.3. The zero-order valence-corrected chi connectivity index (χ0v) is 19.1. The highest BCUT2D eigenvalue weighted by molar-refractivity contribution is 7.09. The number of rotatable bonds is 9. The smallest absolute Gasteiger partial charge is 0.228 e. The molecule has 1 aliphatic rings. The highest BCUT2D eigenvalue weighted by Crippen LogP contribution is 2.40. The van der Waals surface area contributed by atoms with Crippen LogP contribution in [0.1, 0.15) is 55.4 Å². The molecule has 2 heterocycles. The molecular weight excluding hydrogens is 398 g/mol. The molecule has 2 aromatic rings. The molecule has 6 nitrogen and oxygen atoms in total. The van der Waals surface area contributed by atoms with E-state index in [1.165, 1.54) is 0 Å². The van der Waals surface area contributed by atoms with Crippen LogP contribution in [0.5, 0.6) is 5.75 Å². The summed E-state index contributed by atoms with van der Waals surface area (Å²) < 4.78 is 5.27. The van der Waals surface area contributed by atoms with Crippen LogP contribution >= 0.6 is 11.3 Å². The van der Waals surface area contributed by atoms with E-state index < -0.39 is 5.92 Å². The summed E-state index contributed by atoms with van der Waals surface area (Å²) in [5.74, 6) is 0.419. The van der Waals surface area contributed by atoms with E-state index in [1.54, 1.807) is 30.4 Å². The summed E-state index contributed by atoms with van der Waals surface area (Å²) in [5.41, 5.74) is 1.88. The fraction of sp³-hybridized carbons (Fsp3) is 0.522. The molecule has 3 rings (SSSR count). The number of benzene rings is 1. The molecule has 0 spiro atoms. The minimum atomic E-state index is -0.392. The van der Waals surface area contributed by atoms with Gasteiger partial charge in [0, 0.05) is 25.4 Å². The Bertz CT molecular complexity index is 865. The first-order valence-electron chi connectivity index (χ1n) is 10.6. The summed E-state index contributed by atoms with van der Waals surface area (Å²) >= 11 is 1.62. The third-order valence-electron chi connectivity index (χ3n) is 5.64. The molecular formula is C23H31N3O3S. The number of unbranched alkanes of at least 4 members (excludes halogenated alkanes) is 1. The second-order valence-electron chi connectivity index (χ2n) is 7.75. The van der Waals surface area contributed by atoms with Gasteiger partial charge in [0.25, 0.3) is 0 Å². The first-order chi connectivity index (χ1) is 14.5. The van der Waals surface area contributed by atoms with Gasteiger partial charge in [0.15, 0.2) is 0 Å². The Hall–Kier alpha value is -2.41. The van der Waals surface area contributed by atoms with Crippen LogP contribution in [0.25, 0.3) is 0 Å². The lowest BCUT2D eigenvalue weighted by atomic mass is 9.92. The van der Waals surface area contributed by atoms with Crippen molar-refractivity contribution >= 4 is 23.2 Å². The van der Waals surface area contributed by atoms with Crippen LogP contribution in [0.4, 0.5) is 0 Å². The molecule has 162 valence electrons. The molecule has 1 aromatic heterocycles. The zero-order chi connectivity index (χ0) is 21.7. The first kappa shape index (κ1) is 22.3. The lowest BCUT2D eigenvalue weighted by Gasteiger charge is -2.30. The van der Waals surface area contributed by atoms with E-state index >= 15 is 0 Å². The van der Waals surface area contributed by atoms with Crippen LogP contribution in [0.3, 0.4) is 0 Å². The lowest BCUT2D eigenvalue weighted by Crippen LogP contribution is -2.37. The third-order valence-corrected chi connectivity index (χ3v) is 6.68. The third kappa shape index (κ3) is 4.83. The normalized spacial score (nSPS) is 18.7. The van der Waals surface area contributed by atoms with Crippen LogP contribution in [-0.4, -0.2) is 47.3 Å². The van der Waals surface area contributed by atoms with Crippen LogP contribution in [0.15, 0.2) is 29.6 Å². The molecule has 0 bridgehead atoms. The SMILES string of the molecule is CCCCN1C(=O)CC(C(=O)N(C)Cc2csc(CC)n2)C1c1ccc(OC)cc1. The van der Waals surface area contributed by atoms with Crippen molar-refractivity contribution in [3.8, 4) is 5.75 Å². The van der Waals surface area contributed by atoms with Crippen LogP contribution in [-0.2, 0) is 22.6 Å². The topological polar surface area (TPSA) is 62.7 Å². The van der Waals surface area contributed by atoms with Gasteiger partial charge >= 0.3 is 0 Å². The highest BCUT2D eigenvalue weighted by atomic mass is 32.1. The van der Waals surface area contributed by atoms with Gasteiger partial charge in [-0.2, -0.15) is 0 Å². The molecule has 30 heavy (non-hydrogen) atoms. The number of ether oxygens (including phenoxy) is 1. The molecule has 2 unspecified atom stereocenters. The largest absolute Gasteiger partial charge is 0.497 e. The van der Waals surface area contributed by atoms with Crippen molar-refractivity contribution in [2.24, 2.45) is 5.92 Å². The molecule has 0 radical (unpaired) electrons. The summed E-state index contributed by atoms with van der Waals surface area (Å²) in [6.07, 6.45) is 3.07.